The Morgan fingerprint density at radius 2 is 1.73 bits per heavy atom. The minimum absolute atomic E-state index is 0.336. The fraction of sp³-hybridized carbons (Fsp3) is 0.875. The number of hydrogen-bond donors (Lipinski definition) is 3. The molecular formula is C8H14F3NO3. The van der Waals surface area contributed by atoms with Crippen molar-refractivity contribution in [2.75, 3.05) is 6.54 Å². The predicted molar refractivity (Wildman–Crippen MR) is 46.4 cm³/mol. The minimum atomic E-state index is -5.08. The van der Waals surface area contributed by atoms with Crippen molar-refractivity contribution in [2.45, 2.75) is 38.1 Å². The van der Waals surface area contributed by atoms with E-state index in [1.165, 1.54) is 0 Å². The van der Waals surface area contributed by atoms with Crippen LogP contribution >= 0.6 is 0 Å². The van der Waals surface area contributed by atoms with Gasteiger partial charge in [-0.2, -0.15) is 13.2 Å². The van der Waals surface area contributed by atoms with E-state index in [-0.39, 0.29) is 0 Å². The first kappa shape index (κ1) is 14.2. The van der Waals surface area contributed by atoms with E-state index in [2.05, 4.69) is 5.32 Å². The lowest BCUT2D eigenvalue weighted by Gasteiger charge is -2.37. The van der Waals surface area contributed by atoms with Crippen LogP contribution in [0.15, 0.2) is 0 Å². The van der Waals surface area contributed by atoms with Gasteiger partial charge in [0.1, 0.15) is 0 Å². The fourth-order valence-corrected chi connectivity index (χ4v) is 0.892. The smallest absolute Gasteiger partial charge is 0.475 e. The average molecular weight is 229 g/mol. The molecule has 0 aromatic heterocycles. The molecule has 1 fully saturated rings. The SMILES string of the molecule is CC(C)(O)[C@@H]1CCN1.O=C(O)C(F)(F)F. The first-order valence-corrected chi connectivity index (χ1v) is 4.31. The van der Waals surface area contributed by atoms with E-state index in [1.54, 1.807) is 0 Å². The Balaban J connectivity index is 0.000000265. The van der Waals surface area contributed by atoms with Crippen molar-refractivity contribution in [3.05, 3.63) is 0 Å². The number of carboxylic acid groups (broad SMARTS) is 1. The van der Waals surface area contributed by atoms with Gasteiger partial charge in [-0.25, -0.2) is 4.79 Å². The third-order valence-corrected chi connectivity index (χ3v) is 1.92. The topological polar surface area (TPSA) is 69.6 Å². The van der Waals surface area contributed by atoms with Crippen molar-refractivity contribution in [1.29, 1.82) is 0 Å². The maximum Gasteiger partial charge on any atom is 0.490 e. The van der Waals surface area contributed by atoms with Gasteiger partial charge in [-0.15, -0.1) is 0 Å². The number of aliphatic hydroxyl groups is 1. The van der Waals surface area contributed by atoms with Crippen LogP contribution in [0.25, 0.3) is 0 Å². The number of aliphatic carboxylic acids is 1. The summed E-state index contributed by atoms with van der Waals surface area (Å²) in [7, 11) is 0. The zero-order valence-corrected chi connectivity index (χ0v) is 8.43. The Bertz CT molecular complexity index is 218. The molecular weight excluding hydrogens is 215 g/mol. The summed E-state index contributed by atoms with van der Waals surface area (Å²) in [5.41, 5.74) is -0.516. The summed E-state index contributed by atoms with van der Waals surface area (Å²) in [6.07, 6.45) is -3.97. The molecule has 1 heterocycles. The van der Waals surface area contributed by atoms with E-state index in [0.29, 0.717) is 6.04 Å². The van der Waals surface area contributed by atoms with Crippen LogP contribution < -0.4 is 5.32 Å². The zero-order chi connectivity index (χ0) is 12.3. The van der Waals surface area contributed by atoms with Gasteiger partial charge in [-0.05, 0) is 26.8 Å². The molecule has 0 bridgehead atoms. The van der Waals surface area contributed by atoms with Crippen LogP contribution in [0.5, 0.6) is 0 Å². The van der Waals surface area contributed by atoms with Crippen LogP contribution in [0, 0.1) is 0 Å². The van der Waals surface area contributed by atoms with Gasteiger partial charge in [0.15, 0.2) is 0 Å². The fourth-order valence-electron chi connectivity index (χ4n) is 0.892. The highest BCUT2D eigenvalue weighted by Gasteiger charge is 2.38. The van der Waals surface area contributed by atoms with Crippen LogP contribution in [-0.4, -0.2) is 40.5 Å². The molecule has 1 aliphatic heterocycles. The van der Waals surface area contributed by atoms with Gasteiger partial charge in [0, 0.05) is 6.04 Å². The average Bonchev–Trinajstić information content (AvgIpc) is 1.76. The monoisotopic (exact) mass is 229 g/mol. The lowest BCUT2D eigenvalue weighted by molar-refractivity contribution is -0.192. The quantitative estimate of drug-likeness (QED) is 0.620. The number of nitrogens with one attached hydrogen (secondary N) is 1. The summed E-state index contributed by atoms with van der Waals surface area (Å²) in [5, 5.41) is 19.5. The second kappa shape index (κ2) is 4.80. The van der Waals surface area contributed by atoms with E-state index >= 15 is 0 Å². The van der Waals surface area contributed by atoms with Gasteiger partial charge in [-0.1, -0.05) is 0 Å². The maximum atomic E-state index is 10.6. The van der Waals surface area contributed by atoms with E-state index in [9.17, 15) is 18.3 Å². The van der Waals surface area contributed by atoms with Crippen LogP contribution in [0.3, 0.4) is 0 Å². The third kappa shape index (κ3) is 5.58. The molecule has 90 valence electrons. The van der Waals surface area contributed by atoms with E-state index in [1.807, 2.05) is 13.8 Å². The lowest BCUT2D eigenvalue weighted by Crippen LogP contribution is -2.55. The van der Waals surface area contributed by atoms with Crippen LogP contribution in [0.4, 0.5) is 13.2 Å². The standard InChI is InChI=1S/C6H13NO.C2HF3O2/c1-6(2,8)5-3-4-7-5;3-2(4,5)1(6)7/h5,7-8H,3-4H2,1-2H3;(H,6,7)/t5-;/m0./s1. The molecule has 0 spiro atoms. The predicted octanol–water partition coefficient (Wildman–Crippen LogP) is 0.752. The molecule has 7 heteroatoms. The van der Waals surface area contributed by atoms with Gasteiger partial charge in [0.2, 0.25) is 0 Å². The molecule has 0 aliphatic carbocycles. The highest BCUT2D eigenvalue weighted by Crippen LogP contribution is 2.16. The van der Waals surface area contributed by atoms with Gasteiger partial charge < -0.3 is 15.5 Å². The van der Waals surface area contributed by atoms with Crippen LogP contribution in [0.1, 0.15) is 20.3 Å². The molecule has 1 saturated heterocycles. The Morgan fingerprint density at radius 1 is 1.40 bits per heavy atom. The van der Waals surface area contributed by atoms with Crippen molar-refractivity contribution in [3.8, 4) is 0 Å². The van der Waals surface area contributed by atoms with Gasteiger partial charge in [-0.3, -0.25) is 0 Å². The van der Waals surface area contributed by atoms with Crippen molar-refractivity contribution in [2.24, 2.45) is 0 Å². The van der Waals surface area contributed by atoms with Gasteiger partial charge in [0.25, 0.3) is 0 Å². The minimum Gasteiger partial charge on any atom is -0.475 e. The highest BCUT2D eigenvalue weighted by atomic mass is 19.4. The number of halogens is 3. The van der Waals surface area contributed by atoms with Crippen molar-refractivity contribution in [1.82, 2.24) is 5.32 Å². The second-order valence-corrected chi connectivity index (χ2v) is 3.75. The Kier molecular flexibility index (Phi) is 4.54. The second-order valence-electron chi connectivity index (χ2n) is 3.75. The number of hydrogen-bond acceptors (Lipinski definition) is 3. The zero-order valence-electron chi connectivity index (χ0n) is 8.43. The molecule has 1 rings (SSSR count). The molecule has 0 aromatic rings. The van der Waals surface area contributed by atoms with E-state index < -0.39 is 17.7 Å². The van der Waals surface area contributed by atoms with Crippen molar-refractivity contribution >= 4 is 5.97 Å². The molecule has 0 saturated carbocycles. The van der Waals surface area contributed by atoms with E-state index in [4.69, 9.17) is 9.90 Å². The molecule has 0 amide bonds. The summed E-state index contributed by atoms with van der Waals surface area (Å²) < 4.78 is 31.7. The molecule has 0 aromatic carbocycles. The Labute approximate surface area is 85.1 Å². The number of alkyl halides is 3. The summed E-state index contributed by atoms with van der Waals surface area (Å²) in [6, 6.07) is 0.336. The molecule has 4 nitrogen and oxygen atoms in total. The van der Waals surface area contributed by atoms with Gasteiger partial charge >= 0.3 is 12.1 Å². The number of rotatable bonds is 1. The summed E-state index contributed by atoms with van der Waals surface area (Å²) >= 11 is 0. The Hall–Kier alpha value is -0.820. The molecule has 0 radical (unpaired) electrons. The summed E-state index contributed by atoms with van der Waals surface area (Å²) in [5.74, 6) is -2.76. The molecule has 0 unspecified atom stereocenters. The summed E-state index contributed by atoms with van der Waals surface area (Å²) in [6.45, 7) is 4.74. The summed E-state index contributed by atoms with van der Waals surface area (Å²) in [4.78, 5) is 8.90. The number of carboxylic acids is 1. The largest absolute Gasteiger partial charge is 0.490 e. The molecule has 15 heavy (non-hydrogen) atoms. The first-order chi connectivity index (χ1) is 6.55. The normalized spacial score (nSPS) is 21.1. The first-order valence-electron chi connectivity index (χ1n) is 4.31. The van der Waals surface area contributed by atoms with Crippen LogP contribution in [0.2, 0.25) is 0 Å². The maximum absolute atomic E-state index is 10.6. The Morgan fingerprint density at radius 3 is 1.73 bits per heavy atom. The highest BCUT2D eigenvalue weighted by molar-refractivity contribution is 5.73. The number of carbonyl (C=O) groups is 1. The van der Waals surface area contributed by atoms with Crippen molar-refractivity contribution in [3.63, 3.8) is 0 Å². The molecule has 1 aliphatic rings. The van der Waals surface area contributed by atoms with Gasteiger partial charge in [0.05, 0.1) is 5.60 Å². The third-order valence-electron chi connectivity index (χ3n) is 1.92. The van der Waals surface area contributed by atoms with Crippen LogP contribution in [-0.2, 0) is 4.79 Å². The molecule has 1 atom stereocenters. The van der Waals surface area contributed by atoms with Crippen molar-refractivity contribution < 1.29 is 28.2 Å². The van der Waals surface area contributed by atoms with E-state index in [0.717, 1.165) is 13.0 Å². The lowest BCUT2D eigenvalue weighted by atomic mass is 9.91. The molecule has 3 N–H and O–H groups in total.